The predicted octanol–water partition coefficient (Wildman–Crippen LogP) is 5.05. The zero-order valence-electron chi connectivity index (χ0n) is 15.9. The predicted molar refractivity (Wildman–Crippen MR) is 113 cm³/mol. The second-order valence-corrected chi connectivity index (χ2v) is 8.59. The first-order valence-corrected chi connectivity index (χ1v) is 10.8. The molecule has 0 radical (unpaired) electrons. The minimum absolute atomic E-state index is 0.115. The normalized spacial score (nSPS) is 16.6. The highest BCUT2D eigenvalue weighted by Crippen LogP contribution is 2.24. The molecule has 0 bridgehead atoms. The van der Waals surface area contributed by atoms with E-state index in [9.17, 15) is 9.59 Å². The van der Waals surface area contributed by atoms with Crippen molar-refractivity contribution in [1.29, 1.82) is 0 Å². The van der Waals surface area contributed by atoms with E-state index < -0.39 is 5.97 Å². The first kappa shape index (κ1) is 20.7. The van der Waals surface area contributed by atoms with Crippen LogP contribution in [0.25, 0.3) is 0 Å². The number of likely N-dealkylation sites (tertiary alicyclic amines) is 1. The molecule has 0 aliphatic carbocycles. The number of carbonyl (C=O) groups excluding carboxylic acids is 2. The summed E-state index contributed by atoms with van der Waals surface area (Å²) in [4.78, 5) is 27.3. The molecule has 1 aliphatic heterocycles. The van der Waals surface area contributed by atoms with Gasteiger partial charge in [0.15, 0.2) is 6.61 Å². The van der Waals surface area contributed by atoms with Gasteiger partial charge in [0.2, 0.25) is 0 Å². The van der Waals surface area contributed by atoms with E-state index >= 15 is 0 Å². The van der Waals surface area contributed by atoms with Gasteiger partial charge in [0.25, 0.3) is 5.91 Å². The molecule has 2 aromatic carbocycles. The number of benzene rings is 2. The van der Waals surface area contributed by atoms with Crippen LogP contribution in [-0.4, -0.2) is 36.5 Å². The average molecular weight is 418 g/mol. The molecule has 1 amide bonds. The van der Waals surface area contributed by atoms with E-state index in [4.69, 9.17) is 16.3 Å². The maximum atomic E-state index is 12.2. The van der Waals surface area contributed by atoms with E-state index in [1.165, 1.54) is 0 Å². The number of ether oxygens (including phenoxy) is 1. The molecule has 2 aromatic rings. The minimum Gasteiger partial charge on any atom is -0.452 e. The molecule has 6 heteroatoms. The molecule has 0 saturated carbocycles. The first-order valence-electron chi connectivity index (χ1n) is 9.43. The van der Waals surface area contributed by atoms with Crippen LogP contribution in [0.1, 0.15) is 35.7 Å². The number of carbonyl (C=O) groups is 2. The maximum Gasteiger partial charge on any atom is 0.338 e. The Hall–Kier alpha value is -1.98. The fourth-order valence-electron chi connectivity index (χ4n) is 3.15. The fourth-order valence-corrected chi connectivity index (χ4v) is 4.13. The van der Waals surface area contributed by atoms with Crippen LogP contribution >= 0.6 is 23.4 Å². The Morgan fingerprint density at radius 3 is 2.54 bits per heavy atom. The molecule has 0 N–H and O–H groups in total. The Morgan fingerprint density at radius 1 is 1.14 bits per heavy atom. The number of thioether (sulfide) groups is 1. The number of amides is 1. The van der Waals surface area contributed by atoms with E-state index in [1.807, 2.05) is 36.4 Å². The van der Waals surface area contributed by atoms with Gasteiger partial charge in [-0.05, 0) is 60.7 Å². The third-order valence-corrected chi connectivity index (χ3v) is 6.08. The van der Waals surface area contributed by atoms with Gasteiger partial charge in [-0.1, -0.05) is 30.7 Å². The van der Waals surface area contributed by atoms with Crippen molar-refractivity contribution in [3.05, 3.63) is 64.7 Å². The van der Waals surface area contributed by atoms with E-state index in [0.717, 1.165) is 47.2 Å². The molecule has 4 nitrogen and oxygen atoms in total. The van der Waals surface area contributed by atoms with Crippen molar-refractivity contribution in [3.63, 3.8) is 0 Å². The number of hydrogen-bond donors (Lipinski definition) is 0. The number of hydrogen-bond acceptors (Lipinski definition) is 4. The standard InChI is InChI=1S/C22H24ClNO3S/c1-16-3-2-12-24(13-16)21(25)14-27-22(26)18-6-4-17(5-7-18)15-28-20-10-8-19(23)9-11-20/h4-11,16H,2-3,12-15H2,1H3. The van der Waals surface area contributed by atoms with Crippen molar-refractivity contribution in [3.8, 4) is 0 Å². The van der Waals surface area contributed by atoms with Gasteiger partial charge >= 0.3 is 5.97 Å². The van der Waals surface area contributed by atoms with Gasteiger partial charge in [-0.25, -0.2) is 4.79 Å². The summed E-state index contributed by atoms with van der Waals surface area (Å²) in [5.74, 6) is 0.723. The van der Waals surface area contributed by atoms with E-state index in [1.54, 1.807) is 28.8 Å². The zero-order chi connectivity index (χ0) is 19.9. The Balaban J connectivity index is 1.46. The molecule has 1 saturated heterocycles. The maximum absolute atomic E-state index is 12.2. The molecule has 28 heavy (non-hydrogen) atoms. The van der Waals surface area contributed by atoms with E-state index in [0.29, 0.717) is 11.5 Å². The highest BCUT2D eigenvalue weighted by Gasteiger charge is 2.22. The molecule has 1 unspecified atom stereocenters. The second-order valence-electron chi connectivity index (χ2n) is 7.10. The van der Waals surface area contributed by atoms with Crippen LogP contribution in [0, 0.1) is 5.92 Å². The third kappa shape index (κ3) is 6.01. The molecule has 1 aliphatic rings. The lowest BCUT2D eigenvalue weighted by atomic mass is 10.0. The van der Waals surface area contributed by atoms with Crippen LogP contribution in [0.2, 0.25) is 5.02 Å². The van der Waals surface area contributed by atoms with Crippen LogP contribution in [-0.2, 0) is 15.3 Å². The highest BCUT2D eigenvalue weighted by atomic mass is 35.5. The molecule has 1 fully saturated rings. The lowest BCUT2D eigenvalue weighted by Crippen LogP contribution is -2.41. The van der Waals surface area contributed by atoms with Gasteiger partial charge in [-0.15, -0.1) is 11.8 Å². The molecular formula is C22H24ClNO3S. The van der Waals surface area contributed by atoms with Crippen LogP contribution in [0.5, 0.6) is 0 Å². The van der Waals surface area contributed by atoms with Crippen molar-refractivity contribution in [2.24, 2.45) is 5.92 Å². The summed E-state index contributed by atoms with van der Waals surface area (Å²) < 4.78 is 5.21. The molecule has 148 valence electrons. The molecular weight excluding hydrogens is 394 g/mol. The van der Waals surface area contributed by atoms with Crippen LogP contribution in [0.4, 0.5) is 0 Å². The molecule has 1 heterocycles. The molecule has 1 atom stereocenters. The quantitative estimate of drug-likeness (QED) is 0.487. The van der Waals surface area contributed by atoms with Gasteiger partial charge in [0.05, 0.1) is 5.56 Å². The van der Waals surface area contributed by atoms with Gasteiger partial charge < -0.3 is 9.64 Å². The summed E-state index contributed by atoms with van der Waals surface area (Å²) in [6, 6.07) is 15.0. The topological polar surface area (TPSA) is 46.6 Å². The Morgan fingerprint density at radius 2 is 1.86 bits per heavy atom. The summed E-state index contributed by atoms with van der Waals surface area (Å²) in [6.45, 7) is 3.44. The molecule has 0 aromatic heterocycles. The number of nitrogens with zero attached hydrogens (tertiary/aromatic N) is 1. The summed E-state index contributed by atoms with van der Waals surface area (Å²) in [7, 11) is 0. The monoisotopic (exact) mass is 417 g/mol. The molecule has 0 spiro atoms. The lowest BCUT2D eigenvalue weighted by molar-refractivity contribution is -0.136. The Bertz CT molecular complexity index is 808. The summed E-state index contributed by atoms with van der Waals surface area (Å²) >= 11 is 7.60. The summed E-state index contributed by atoms with van der Waals surface area (Å²) in [6.07, 6.45) is 2.16. The fraction of sp³-hybridized carbons (Fsp3) is 0.364. The van der Waals surface area contributed by atoms with Crippen molar-refractivity contribution in [1.82, 2.24) is 4.90 Å². The number of halogens is 1. The minimum atomic E-state index is -0.463. The SMILES string of the molecule is CC1CCCN(C(=O)COC(=O)c2ccc(CSc3ccc(Cl)cc3)cc2)C1. The number of rotatable bonds is 6. The van der Waals surface area contributed by atoms with E-state index in [-0.39, 0.29) is 12.5 Å². The van der Waals surface area contributed by atoms with Crippen molar-refractivity contribution in [2.75, 3.05) is 19.7 Å². The summed E-state index contributed by atoms with van der Waals surface area (Å²) in [5, 5.41) is 0.723. The largest absolute Gasteiger partial charge is 0.452 e. The Kier molecular flexibility index (Phi) is 7.40. The van der Waals surface area contributed by atoms with Gasteiger partial charge in [0.1, 0.15) is 0 Å². The number of piperidine rings is 1. The lowest BCUT2D eigenvalue weighted by Gasteiger charge is -2.30. The number of esters is 1. The van der Waals surface area contributed by atoms with Crippen molar-refractivity contribution >= 4 is 35.2 Å². The average Bonchev–Trinajstić information content (AvgIpc) is 2.71. The smallest absolute Gasteiger partial charge is 0.338 e. The Labute approximate surface area is 175 Å². The van der Waals surface area contributed by atoms with Gasteiger partial charge in [0, 0.05) is 28.8 Å². The van der Waals surface area contributed by atoms with Crippen LogP contribution < -0.4 is 0 Å². The van der Waals surface area contributed by atoms with Crippen molar-refractivity contribution < 1.29 is 14.3 Å². The first-order chi connectivity index (χ1) is 13.5. The van der Waals surface area contributed by atoms with Crippen LogP contribution in [0.15, 0.2) is 53.4 Å². The van der Waals surface area contributed by atoms with E-state index in [2.05, 4.69) is 6.92 Å². The van der Waals surface area contributed by atoms with Gasteiger partial charge in [-0.3, -0.25) is 4.79 Å². The van der Waals surface area contributed by atoms with Crippen molar-refractivity contribution in [2.45, 2.75) is 30.4 Å². The zero-order valence-corrected chi connectivity index (χ0v) is 17.5. The second kappa shape index (κ2) is 9.99. The highest BCUT2D eigenvalue weighted by molar-refractivity contribution is 7.98. The summed E-state index contributed by atoms with van der Waals surface area (Å²) in [5.41, 5.74) is 1.56. The third-order valence-electron chi connectivity index (χ3n) is 4.75. The van der Waals surface area contributed by atoms with Gasteiger partial charge in [-0.2, -0.15) is 0 Å². The molecule has 3 rings (SSSR count). The van der Waals surface area contributed by atoms with Crippen LogP contribution in [0.3, 0.4) is 0 Å².